The Bertz CT molecular complexity index is 497. The third-order valence-corrected chi connectivity index (χ3v) is 3.89. The zero-order chi connectivity index (χ0) is 14.9. The molecule has 112 valence electrons. The maximum absolute atomic E-state index is 12.2. The fourth-order valence-corrected chi connectivity index (χ4v) is 2.77. The molecule has 0 aromatic carbocycles. The molecule has 4 N–H and O–H groups in total. The maximum Gasteiger partial charge on any atom is 0.391 e. The number of hydrogen-bond acceptors (Lipinski definition) is 4. The van der Waals surface area contributed by atoms with E-state index < -0.39 is 18.6 Å². The van der Waals surface area contributed by atoms with Crippen LogP contribution in [-0.2, 0) is 0 Å². The average molecular weight is 307 g/mol. The standard InChI is InChI=1S/C12H16F3N3OS/c1-6(5-12(13,14)15)17-9-4-8(16)10(20-9)11(19)18-7-2-3-7/h4,6-7,17H,2-3,5,16H2,1H3,(H,18,19). The minimum absolute atomic E-state index is 0.213. The minimum Gasteiger partial charge on any atom is -0.397 e. The van der Waals surface area contributed by atoms with Crippen LogP contribution >= 0.6 is 11.3 Å². The molecule has 8 heteroatoms. The highest BCUT2D eigenvalue weighted by Crippen LogP contribution is 2.32. The summed E-state index contributed by atoms with van der Waals surface area (Å²) >= 11 is 1.08. The molecule has 1 aromatic heterocycles. The molecule has 0 spiro atoms. The number of amides is 1. The topological polar surface area (TPSA) is 67.1 Å². The van der Waals surface area contributed by atoms with Gasteiger partial charge in [0.25, 0.3) is 5.91 Å². The molecule has 1 saturated carbocycles. The van der Waals surface area contributed by atoms with Gasteiger partial charge in [0.15, 0.2) is 0 Å². The highest BCUT2D eigenvalue weighted by Gasteiger charge is 2.30. The van der Waals surface area contributed by atoms with Crippen molar-refractivity contribution in [3.05, 3.63) is 10.9 Å². The van der Waals surface area contributed by atoms with E-state index in [4.69, 9.17) is 5.73 Å². The lowest BCUT2D eigenvalue weighted by Crippen LogP contribution is -2.25. The summed E-state index contributed by atoms with van der Waals surface area (Å²) in [5.41, 5.74) is 6.02. The highest BCUT2D eigenvalue weighted by molar-refractivity contribution is 7.18. The van der Waals surface area contributed by atoms with Crippen molar-refractivity contribution in [3.63, 3.8) is 0 Å². The predicted octanol–water partition coefficient (Wildman–Crippen LogP) is 2.98. The number of nitrogen functional groups attached to an aromatic ring is 1. The molecule has 1 atom stereocenters. The summed E-state index contributed by atoms with van der Waals surface area (Å²) in [6.45, 7) is 1.44. The van der Waals surface area contributed by atoms with Gasteiger partial charge in [-0.1, -0.05) is 0 Å². The third kappa shape index (κ3) is 4.29. The van der Waals surface area contributed by atoms with Crippen LogP contribution in [0.4, 0.5) is 23.9 Å². The Morgan fingerprint density at radius 2 is 2.20 bits per heavy atom. The van der Waals surface area contributed by atoms with Crippen molar-refractivity contribution >= 4 is 27.9 Å². The van der Waals surface area contributed by atoms with Crippen LogP contribution in [0.1, 0.15) is 35.9 Å². The first-order valence-electron chi connectivity index (χ1n) is 6.28. The highest BCUT2D eigenvalue weighted by atomic mass is 32.1. The second-order valence-corrected chi connectivity index (χ2v) is 6.06. The summed E-state index contributed by atoms with van der Waals surface area (Å²) in [5, 5.41) is 5.99. The monoisotopic (exact) mass is 307 g/mol. The first kappa shape index (κ1) is 15.0. The van der Waals surface area contributed by atoms with Gasteiger partial charge in [0.05, 0.1) is 17.1 Å². The number of alkyl halides is 3. The summed E-state index contributed by atoms with van der Waals surface area (Å²) in [5.74, 6) is -0.258. The lowest BCUT2D eigenvalue weighted by Gasteiger charge is -2.15. The number of carbonyl (C=O) groups excluding carboxylic acids is 1. The normalized spacial score (nSPS) is 16.8. The molecule has 0 bridgehead atoms. The van der Waals surface area contributed by atoms with Gasteiger partial charge in [-0.15, -0.1) is 11.3 Å². The zero-order valence-electron chi connectivity index (χ0n) is 10.9. The third-order valence-electron chi connectivity index (χ3n) is 2.81. The fourth-order valence-electron chi connectivity index (χ4n) is 1.77. The Balaban J connectivity index is 1.97. The Hall–Kier alpha value is -1.44. The van der Waals surface area contributed by atoms with Crippen molar-refractivity contribution in [2.24, 2.45) is 0 Å². The van der Waals surface area contributed by atoms with E-state index in [9.17, 15) is 18.0 Å². The maximum atomic E-state index is 12.2. The zero-order valence-corrected chi connectivity index (χ0v) is 11.7. The molecule has 1 aliphatic carbocycles. The van der Waals surface area contributed by atoms with E-state index in [0.29, 0.717) is 9.88 Å². The molecular formula is C12H16F3N3OS. The first-order valence-corrected chi connectivity index (χ1v) is 7.09. The van der Waals surface area contributed by atoms with Gasteiger partial charge in [-0.05, 0) is 25.8 Å². The molecule has 1 aliphatic rings. The van der Waals surface area contributed by atoms with Gasteiger partial charge >= 0.3 is 6.18 Å². The number of anilines is 2. The average Bonchev–Trinajstić information content (AvgIpc) is 2.99. The number of thiophene rings is 1. The summed E-state index contributed by atoms with van der Waals surface area (Å²) in [7, 11) is 0. The van der Waals surface area contributed by atoms with Gasteiger partial charge in [0.1, 0.15) is 4.88 Å². The van der Waals surface area contributed by atoms with Gasteiger partial charge < -0.3 is 16.4 Å². The number of nitrogens with two attached hydrogens (primary N) is 1. The van der Waals surface area contributed by atoms with Crippen molar-refractivity contribution in [1.29, 1.82) is 0 Å². The SMILES string of the molecule is CC(CC(F)(F)F)Nc1cc(N)c(C(=O)NC2CC2)s1. The summed E-state index contributed by atoms with van der Waals surface area (Å²) in [4.78, 5) is 12.2. The Morgan fingerprint density at radius 1 is 1.55 bits per heavy atom. The Kier molecular flexibility index (Phi) is 4.12. The van der Waals surface area contributed by atoms with Gasteiger partial charge in [0, 0.05) is 12.1 Å². The number of carbonyl (C=O) groups is 1. The van der Waals surface area contributed by atoms with Crippen molar-refractivity contribution in [3.8, 4) is 0 Å². The first-order chi connectivity index (χ1) is 9.24. The fraction of sp³-hybridized carbons (Fsp3) is 0.583. The second-order valence-electron chi connectivity index (χ2n) is 5.01. The van der Waals surface area contributed by atoms with Crippen LogP contribution in [0.5, 0.6) is 0 Å². The molecule has 20 heavy (non-hydrogen) atoms. The Morgan fingerprint density at radius 3 is 2.75 bits per heavy atom. The van der Waals surface area contributed by atoms with E-state index >= 15 is 0 Å². The van der Waals surface area contributed by atoms with Crippen LogP contribution in [0.15, 0.2) is 6.07 Å². The van der Waals surface area contributed by atoms with Crippen LogP contribution in [0.2, 0.25) is 0 Å². The molecule has 0 aliphatic heterocycles. The molecule has 2 rings (SSSR count). The van der Waals surface area contributed by atoms with Crippen molar-refractivity contribution in [1.82, 2.24) is 5.32 Å². The Labute approximate surface area is 118 Å². The minimum atomic E-state index is -4.22. The van der Waals surface area contributed by atoms with E-state index in [1.165, 1.54) is 13.0 Å². The van der Waals surface area contributed by atoms with Crippen LogP contribution in [0.25, 0.3) is 0 Å². The molecule has 1 unspecified atom stereocenters. The second kappa shape index (κ2) is 5.51. The van der Waals surface area contributed by atoms with Crippen LogP contribution < -0.4 is 16.4 Å². The molecule has 1 heterocycles. The molecule has 1 amide bonds. The van der Waals surface area contributed by atoms with E-state index in [1.54, 1.807) is 0 Å². The van der Waals surface area contributed by atoms with Gasteiger partial charge in [-0.2, -0.15) is 13.2 Å². The molecule has 0 saturated heterocycles. The van der Waals surface area contributed by atoms with Gasteiger partial charge in [0.2, 0.25) is 0 Å². The van der Waals surface area contributed by atoms with Gasteiger partial charge in [-0.3, -0.25) is 4.79 Å². The van der Waals surface area contributed by atoms with E-state index in [0.717, 1.165) is 24.2 Å². The van der Waals surface area contributed by atoms with E-state index in [2.05, 4.69) is 10.6 Å². The van der Waals surface area contributed by atoms with Gasteiger partial charge in [-0.25, -0.2) is 0 Å². The lowest BCUT2D eigenvalue weighted by molar-refractivity contribution is -0.136. The summed E-state index contributed by atoms with van der Waals surface area (Å²) in [6.07, 6.45) is -3.23. The van der Waals surface area contributed by atoms with Crippen molar-refractivity contribution < 1.29 is 18.0 Å². The number of hydrogen-bond donors (Lipinski definition) is 3. The van der Waals surface area contributed by atoms with Crippen LogP contribution in [0.3, 0.4) is 0 Å². The van der Waals surface area contributed by atoms with Crippen LogP contribution in [0, 0.1) is 0 Å². The van der Waals surface area contributed by atoms with E-state index in [-0.39, 0.29) is 17.6 Å². The van der Waals surface area contributed by atoms with Crippen LogP contribution in [-0.4, -0.2) is 24.2 Å². The molecular weight excluding hydrogens is 291 g/mol. The largest absolute Gasteiger partial charge is 0.397 e. The molecule has 0 radical (unpaired) electrons. The quantitative estimate of drug-likeness (QED) is 0.783. The number of nitrogens with one attached hydrogen (secondary N) is 2. The molecule has 1 fully saturated rings. The number of rotatable bonds is 5. The van der Waals surface area contributed by atoms with E-state index in [1.807, 2.05) is 0 Å². The molecule has 1 aromatic rings. The van der Waals surface area contributed by atoms with Crippen molar-refractivity contribution in [2.75, 3.05) is 11.1 Å². The summed E-state index contributed by atoms with van der Waals surface area (Å²) < 4.78 is 36.7. The smallest absolute Gasteiger partial charge is 0.391 e. The molecule has 4 nitrogen and oxygen atoms in total. The summed E-state index contributed by atoms with van der Waals surface area (Å²) in [6, 6.07) is 0.941. The number of halogens is 3. The lowest BCUT2D eigenvalue weighted by atomic mass is 10.2. The van der Waals surface area contributed by atoms with Crippen molar-refractivity contribution in [2.45, 2.75) is 44.4 Å². The predicted molar refractivity (Wildman–Crippen MR) is 73.0 cm³/mol.